The molecule has 6 atom stereocenters. The SMILES string of the molecule is CC(C)[C@H](NC(=O)[C@@H]1CCCN1C(=O)[C@H](C)C[Se][Se]C[C@@H](C)C(=O)N1CCC[C@H]1C(=O)N[C@H](C(=O)O)C(C)C)C(=O)O. The van der Waals surface area contributed by atoms with Gasteiger partial charge in [-0.1, -0.05) is 0 Å². The van der Waals surface area contributed by atoms with Crippen molar-refractivity contribution in [2.75, 3.05) is 13.1 Å². The van der Waals surface area contributed by atoms with Crippen molar-refractivity contribution in [1.29, 1.82) is 0 Å². The van der Waals surface area contributed by atoms with Crippen LogP contribution < -0.4 is 10.6 Å². The molecule has 0 aromatic carbocycles. The molecule has 2 heterocycles. The monoisotopic (exact) mass is 726 g/mol. The molecule has 238 valence electrons. The van der Waals surface area contributed by atoms with Gasteiger partial charge in [0.15, 0.2) is 0 Å². The summed E-state index contributed by atoms with van der Waals surface area (Å²) in [4.78, 5) is 78.2. The third-order valence-corrected chi connectivity index (χ3v) is 15.5. The zero-order valence-electron chi connectivity index (χ0n) is 25.3. The standard InChI is InChI=1S/C28H46N4O8Se2/c1-15(2)21(27(37)38)29-23(33)19-9-7-11-31(19)25(35)17(5)13-41-42-14-18(6)26(36)32-12-8-10-20(32)24(34)30-22(16(3)4)28(39)40/h15-22H,7-14H2,1-6H3,(H,29,33)(H,30,34)(H,37,38)(H,39,40)/t17-,18-,19+,20+,21+,22+/m1/s1. The number of amides is 4. The molecule has 14 heteroatoms. The maximum absolute atomic E-state index is 13.2. The van der Waals surface area contributed by atoms with E-state index in [1.54, 1.807) is 37.5 Å². The van der Waals surface area contributed by atoms with Gasteiger partial charge >= 0.3 is 260 Å². The fourth-order valence-electron chi connectivity index (χ4n) is 5.14. The van der Waals surface area contributed by atoms with Gasteiger partial charge < -0.3 is 0 Å². The predicted octanol–water partition coefficient (Wildman–Crippen LogP) is 0.851. The van der Waals surface area contributed by atoms with Crippen LogP contribution in [0.15, 0.2) is 0 Å². The van der Waals surface area contributed by atoms with Crippen LogP contribution >= 0.6 is 0 Å². The summed E-state index contributed by atoms with van der Waals surface area (Å²) in [7, 11) is 0. The summed E-state index contributed by atoms with van der Waals surface area (Å²) in [5.74, 6) is -4.35. The molecule has 0 spiro atoms. The molecule has 0 unspecified atom stereocenters. The van der Waals surface area contributed by atoms with Gasteiger partial charge in [-0.05, 0) is 0 Å². The Hall–Kier alpha value is -2.14. The first-order valence-corrected chi connectivity index (χ1v) is 21.3. The molecule has 4 N–H and O–H groups in total. The van der Waals surface area contributed by atoms with Crippen LogP contribution in [0.4, 0.5) is 0 Å². The van der Waals surface area contributed by atoms with E-state index >= 15 is 0 Å². The Morgan fingerprint density at radius 3 is 1.29 bits per heavy atom. The zero-order chi connectivity index (χ0) is 31.7. The molecule has 0 aliphatic carbocycles. The van der Waals surface area contributed by atoms with Gasteiger partial charge in [0.05, 0.1) is 0 Å². The average molecular weight is 725 g/mol. The van der Waals surface area contributed by atoms with Crippen LogP contribution in [0.2, 0.25) is 10.6 Å². The van der Waals surface area contributed by atoms with Crippen molar-refractivity contribution in [3.8, 4) is 0 Å². The van der Waals surface area contributed by atoms with Crippen molar-refractivity contribution in [2.24, 2.45) is 23.7 Å². The van der Waals surface area contributed by atoms with Gasteiger partial charge in [-0.2, -0.15) is 0 Å². The molecule has 12 nitrogen and oxygen atoms in total. The van der Waals surface area contributed by atoms with E-state index in [1.165, 1.54) is 0 Å². The van der Waals surface area contributed by atoms with Crippen LogP contribution in [0.3, 0.4) is 0 Å². The van der Waals surface area contributed by atoms with Gasteiger partial charge in [0.25, 0.3) is 0 Å². The molecule has 42 heavy (non-hydrogen) atoms. The summed E-state index contributed by atoms with van der Waals surface area (Å²) in [6.07, 6.45) is 2.39. The van der Waals surface area contributed by atoms with Crippen LogP contribution in [-0.4, -0.2) is 119 Å². The average Bonchev–Trinajstić information content (AvgIpc) is 3.61. The first-order chi connectivity index (χ1) is 19.7. The Morgan fingerprint density at radius 2 is 1.00 bits per heavy atom. The van der Waals surface area contributed by atoms with Gasteiger partial charge in [-0.3, -0.25) is 0 Å². The van der Waals surface area contributed by atoms with Gasteiger partial charge in [-0.25, -0.2) is 0 Å². The number of hydrogen-bond donors (Lipinski definition) is 4. The van der Waals surface area contributed by atoms with E-state index in [1.807, 2.05) is 13.8 Å². The summed E-state index contributed by atoms with van der Waals surface area (Å²) in [5.41, 5.74) is 0. The Morgan fingerprint density at radius 1 is 0.667 bits per heavy atom. The quantitative estimate of drug-likeness (QED) is 0.142. The van der Waals surface area contributed by atoms with Gasteiger partial charge in [0, 0.05) is 0 Å². The number of nitrogens with zero attached hydrogens (tertiary/aromatic N) is 2. The van der Waals surface area contributed by atoms with Gasteiger partial charge in [0.2, 0.25) is 0 Å². The van der Waals surface area contributed by atoms with E-state index in [0.29, 0.717) is 49.4 Å². The fraction of sp³-hybridized carbons (Fsp3) is 0.786. The molecule has 0 bridgehead atoms. The fourth-order valence-corrected chi connectivity index (χ4v) is 13.5. The normalized spacial score (nSPS) is 21.6. The zero-order valence-corrected chi connectivity index (χ0v) is 28.8. The van der Waals surface area contributed by atoms with E-state index in [9.17, 15) is 39.0 Å². The summed E-state index contributed by atoms with van der Waals surface area (Å²) in [6, 6.07) is -3.33. The second-order valence-corrected chi connectivity index (χ2v) is 19.4. The molecule has 0 saturated carbocycles. The van der Waals surface area contributed by atoms with E-state index in [-0.39, 0.29) is 61.7 Å². The summed E-state index contributed by atoms with van der Waals surface area (Å²) in [6.45, 7) is 11.5. The van der Waals surface area contributed by atoms with Crippen LogP contribution in [0.5, 0.6) is 0 Å². The van der Waals surface area contributed by atoms with Gasteiger partial charge in [0.1, 0.15) is 0 Å². The second kappa shape index (κ2) is 16.6. The molecule has 2 aliphatic rings. The Kier molecular flexibility index (Phi) is 14.3. The maximum atomic E-state index is 13.2. The third-order valence-electron chi connectivity index (χ3n) is 7.70. The van der Waals surface area contributed by atoms with Crippen molar-refractivity contribution in [2.45, 2.75) is 102 Å². The van der Waals surface area contributed by atoms with Crippen molar-refractivity contribution in [1.82, 2.24) is 20.4 Å². The van der Waals surface area contributed by atoms with E-state index in [0.717, 1.165) is 0 Å². The van der Waals surface area contributed by atoms with E-state index in [2.05, 4.69) is 10.6 Å². The van der Waals surface area contributed by atoms with Gasteiger partial charge in [-0.15, -0.1) is 0 Å². The number of carboxylic acid groups (broad SMARTS) is 2. The molecule has 2 fully saturated rings. The van der Waals surface area contributed by atoms with Crippen LogP contribution in [0.1, 0.15) is 67.2 Å². The van der Waals surface area contributed by atoms with Crippen LogP contribution in [0.25, 0.3) is 0 Å². The third kappa shape index (κ3) is 9.69. The molecule has 4 amide bonds. The van der Waals surface area contributed by atoms with Crippen molar-refractivity contribution in [3.05, 3.63) is 0 Å². The predicted molar refractivity (Wildman–Crippen MR) is 158 cm³/mol. The summed E-state index contributed by atoms with van der Waals surface area (Å²) < 4.78 is 0. The van der Waals surface area contributed by atoms with Crippen molar-refractivity contribution < 1.29 is 39.0 Å². The molecule has 2 aliphatic heterocycles. The van der Waals surface area contributed by atoms with Crippen LogP contribution in [-0.2, 0) is 28.8 Å². The topological polar surface area (TPSA) is 173 Å². The van der Waals surface area contributed by atoms with Crippen LogP contribution in [0, 0.1) is 23.7 Å². The first-order valence-electron chi connectivity index (χ1n) is 14.6. The Labute approximate surface area is 259 Å². The molecule has 0 radical (unpaired) electrons. The van der Waals surface area contributed by atoms with Crippen molar-refractivity contribution in [3.63, 3.8) is 0 Å². The first kappa shape index (κ1) is 36.1. The van der Waals surface area contributed by atoms with Crippen molar-refractivity contribution >= 4 is 61.8 Å². The number of likely N-dealkylation sites (tertiary alicyclic amines) is 2. The molecule has 0 aromatic heterocycles. The molecule has 0 aromatic rings. The summed E-state index contributed by atoms with van der Waals surface area (Å²) in [5, 5.41) is 25.4. The number of aliphatic carboxylic acids is 2. The number of carbonyl (C=O) groups is 6. The van der Waals surface area contributed by atoms with E-state index in [4.69, 9.17) is 0 Å². The second-order valence-electron chi connectivity index (χ2n) is 11.9. The minimum absolute atomic E-state index is 0.0992. The number of carboxylic acids is 2. The van der Waals surface area contributed by atoms with E-state index < -0.39 is 47.9 Å². The molecular weight excluding hydrogens is 678 g/mol. The number of hydrogen-bond acceptors (Lipinski definition) is 6. The molecular formula is C28H46N4O8Se2. The number of nitrogens with one attached hydrogen (secondary N) is 2. The Bertz CT molecular complexity index is 932. The number of rotatable bonds is 15. The number of carbonyl (C=O) groups excluding carboxylic acids is 4. The summed E-state index contributed by atoms with van der Waals surface area (Å²) >= 11 is 0.293. The molecule has 2 rings (SSSR count). The molecule has 2 saturated heterocycles. The minimum atomic E-state index is -1.10. The Balaban J connectivity index is 1.84.